The largest absolute Gasteiger partial charge is 0.464 e. The highest BCUT2D eigenvalue weighted by molar-refractivity contribution is 6.17. The molecule has 0 spiro atoms. The monoisotopic (exact) mass is 384 g/mol. The summed E-state index contributed by atoms with van der Waals surface area (Å²) in [6, 6.07) is 1.25. The van der Waals surface area contributed by atoms with Gasteiger partial charge in [-0.05, 0) is 24.1 Å². The predicted molar refractivity (Wildman–Crippen MR) is 80.4 cm³/mol. The summed E-state index contributed by atoms with van der Waals surface area (Å²) < 4.78 is 50.3. The number of hydrogen-bond donors (Lipinski definition) is 3. The van der Waals surface area contributed by atoms with Crippen molar-refractivity contribution in [3.63, 3.8) is 0 Å². The second-order valence-electron chi connectivity index (χ2n) is 4.78. The Morgan fingerprint density at radius 3 is 2.32 bits per heavy atom. The predicted octanol–water partition coefficient (Wildman–Crippen LogP) is 2.10. The fourth-order valence-electron chi connectivity index (χ4n) is 2.09. The summed E-state index contributed by atoms with van der Waals surface area (Å²) in [6.07, 6.45) is -2.51. The number of hydrazine groups is 1. The molecule has 0 aliphatic rings. The third kappa shape index (κ3) is 6.07. The Hall–Kier alpha value is -2.04. The summed E-state index contributed by atoms with van der Waals surface area (Å²) in [5, 5.41) is 8.55. The molecule has 0 saturated carbocycles. The van der Waals surface area contributed by atoms with E-state index >= 15 is 0 Å². The Labute approximate surface area is 146 Å². The average Bonchev–Trinajstić information content (AvgIpc) is 2.55. The van der Waals surface area contributed by atoms with Gasteiger partial charge in [-0.3, -0.25) is 10.2 Å². The molecule has 2 atom stereocenters. The molecule has 25 heavy (non-hydrogen) atoms. The first-order chi connectivity index (χ1) is 11.8. The zero-order valence-electron chi connectivity index (χ0n) is 13.0. The van der Waals surface area contributed by atoms with Gasteiger partial charge < -0.3 is 14.6 Å². The van der Waals surface area contributed by atoms with Crippen LogP contribution in [-0.4, -0.2) is 43.0 Å². The number of alkyl halides is 1. The lowest BCUT2D eigenvalue weighted by Crippen LogP contribution is -2.46. The van der Waals surface area contributed by atoms with Gasteiger partial charge >= 0.3 is 6.09 Å². The van der Waals surface area contributed by atoms with Crippen LogP contribution in [0, 0.1) is 17.5 Å². The summed E-state index contributed by atoms with van der Waals surface area (Å²) in [5.74, 6) is -7.04. The van der Waals surface area contributed by atoms with E-state index in [1.54, 1.807) is 5.43 Å². The quantitative estimate of drug-likeness (QED) is 0.276. The number of halogens is 4. The lowest BCUT2D eigenvalue weighted by atomic mass is 9.90. The van der Waals surface area contributed by atoms with E-state index in [2.05, 4.69) is 0 Å². The average molecular weight is 385 g/mol. The maximum Gasteiger partial charge on any atom is 0.423 e. The molecule has 2 amide bonds. The van der Waals surface area contributed by atoms with Crippen LogP contribution in [0.4, 0.5) is 18.0 Å². The van der Waals surface area contributed by atoms with E-state index in [0.29, 0.717) is 12.1 Å². The maximum atomic E-state index is 13.5. The van der Waals surface area contributed by atoms with Crippen LogP contribution in [0.2, 0.25) is 0 Å². The minimum Gasteiger partial charge on any atom is -0.464 e. The number of carbonyl (C=O) groups is 2. The molecule has 1 aromatic carbocycles. The summed E-state index contributed by atoms with van der Waals surface area (Å²) in [4.78, 5) is 22.8. The minimum absolute atomic E-state index is 0.0245. The van der Waals surface area contributed by atoms with Crippen molar-refractivity contribution in [1.29, 1.82) is 0 Å². The lowest BCUT2D eigenvalue weighted by molar-refractivity contribution is -0.132. The van der Waals surface area contributed by atoms with E-state index in [1.807, 2.05) is 5.43 Å². The topological polar surface area (TPSA) is 96.9 Å². The molecule has 0 unspecified atom stereocenters. The highest BCUT2D eigenvalue weighted by Crippen LogP contribution is 2.28. The number of benzene rings is 1. The van der Waals surface area contributed by atoms with Crippen molar-refractivity contribution in [2.45, 2.75) is 18.4 Å². The SMILES string of the molecule is COCO[C@H](CCCl)[C@@H](C(=O)NNC(=O)O)c1cc(F)c(F)c(F)c1. The van der Waals surface area contributed by atoms with Crippen molar-refractivity contribution in [2.75, 3.05) is 19.8 Å². The van der Waals surface area contributed by atoms with E-state index in [4.69, 9.17) is 26.2 Å². The highest BCUT2D eigenvalue weighted by Gasteiger charge is 2.32. The number of rotatable bonds is 8. The molecule has 0 fully saturated rings. The van der Waals surface area contributed by atoms with Crippen LogP contribution in [0.25, 0.3) is 0 Å². The Morgan fingerprint density at radius 1 is 1.24 bits per heavy atom. The molecular weight excluding hydrogens is 369 g/mol. The van der Waals surface area contributed by atoms with Crippen LogP contribution in [0.5, 0.6) is 0 Å². The Kier molecular flexibility index (Phi) is 8.46. The zero-order valence-corrected chi connectivity index (χ0v) is 13.8. The second kappa shape index (κ2) is 10.1. The Bertz CT molecular complexity index is 597. The first-order valence-corrected chi connectivity index (χ1v) is 7.45. The smallest absolute Gasteiger partial charge is 0.423 e. The molecule has 7 nitrogen and oxygen atoms in total. The minimum atomic E-state index is -1.70. The Balaban J connectivity index is 3.24. The van der Waals surface area contributed by atoms with Crippen LogP contribution < -0.4 is 10.9 Å². The van der Waals surface area contributed by atoms with Crippen molar-refractivity contribution < 1.29 is 37.3 Å². The van der Waals surface area contributed by atoms with Gasteiger partial charge in [0, 0.05) is 13.0 Å². The normalized spacial score (nSPS) is 13.2. The van der Waals surface area contributed by atoms with Crippen LogP contribution >= 0.6 is 11.6 Å². The van der Waals surface area contributed by atoms with Crippen molar-refractivity contribution in [3.8, 4) is 0 Å². The molecule has 0 aromatic heterocycles. The fraction of sp³-hybridized carbons (Fsp3) is 0.429. The molecule has 0 aliphatic heterocycles. The lowest BCUT2D eigenvalue weighted by Gasteiger charge is -2.26. The van der Waals surface area contributed by atoms with Crippen molar-refractivity contribution in [3.05, 3.63) is 35.1 Å². The van der Waals surface area contributed by atoms with Crippen LogP contribution in [-0.2, 0) is 14.3 Å². The van der Waals surface area contributed by atoms with Crippen LogP contribution in [0.1, 0.15) is 17.9 Å². The van der Waals surface area contributed by atoms with Gasteiger partial charge in [-0.1, -0.05) is 0 Å². The summed E-state index contributed by atoms with van der Waals surface area (Å²) in [6.45, 7) is -0.260. The van der Waals surface area contributed by atoms with Crippen molar-refractivity contribution in [2.24, 2.45) is 0 Å². The third-order valence-corrected chi connectivity index (χ3v) is 3.32. The van der Waals surface area contributed by atoms with Crippen LogP contribution in [0.15, 0.2) is 12.1 Å². The van der Waals surface area contributed by atoms with E-state index < -0.39 is 41.5 Å². The maximum absolute atomic E-state index is 13.5. The van der Waals surface area contributed by atoms with Crippen molar-refractivity contribution >= 4 is 23.6 Å². The van der Waals surface area contributed by atoms with Gasteiger partial charge in [-0.25, -0.2) is 23.4 Å². The van der Waals surface area contributed by atoms with Crippen molar-refractivity contribution in [1.82, 2.24) is 10.9 Å². The molecule has 0 saturated heterocycles. The molecule has 0 aliphatic carbocycles. The summed E-state index contributed by atoms with van der Waals surface area (Å²) in [5.41, 5.74) is 3.23. The van der Waals surface area contributed by atoms with E-state index in [9.17, 15) is 22.8 Å². The van der Waals surface area contributed by atoms with Crippen LogP contribution in [0.3, 0.4) is 0 Å². The molecule has 0 bridgehead atoms. The zero-order chi connectivity index (χ0) is 19.0. The van der Waals surface area contributed by atoms with E-state index in [-0.39, 0.29) is 24.7 Å². The number of amides is 2. The molecular formula is C14H16ClF3N2O5. The summed E-state index contributed by atoms with van der Waals surface area (Å²) in [7, 11) is 1.32. The molecule has 0 heterocycles. The van der Waals surface area contributed by atoms with E-state index in [0.717, 1.165) is 0 Å². The fourth-order valence-corrected chi connectivity index (χ4v) is 2.31. The number of methoxy groups -OCH3 is 1. The molecule has 1 aromatic rings. The first kappa shape index (κ1) is 21.0. The molecule has 11 heteroatoms. The van der Waals surface area contributed by atoms with E-state index in [1.165, 1.54) is 7.11 Å². The van der Waals surface area contributed by atoms with Gasteiger partial charge in [0.15, 0.2) is 17.5 Å². The molecule has 1 rings (SSSR count). The number of ether oxygens (including phenoxy) is 2. The molecule has 3 N–H and O–H groups in total. The third-order valence-electron chi connectivity index (χ3n) is 3.11. The highest BCUT2D eigenvalue weighted by atomic mass is 35.5. The van der Waals surface area contributed by atoms with Gasteiger partial charge in [0.05, 0.1) is 12.0 Å². The first-order valence-electron chi connectivity index (χ1n) is 6.91. The number of hydrogen-bond acceptors (Lipinski definition) is 4. The van der Waals surface area contributed by atoms with Gasteiger partial charge in [0.2, 0.25) is 5.91 Å². The molecule has 0 radical (unpaired) electrons. The number of carbonyl (C=O) groups excluding carboxylic acids is 1. The van der Waals surface area contributed by atoms with Gasteiger partial charge in [0.1, 0.15) is 6.79 Å². The van der Waals surface area contributed by atoms with Gasteiger partial charge in [-0.2, -0.15) is 0 Å². The number of nitrogens with one attached hydrogen (secondary N) is 2. The Morgan fingerprint density at radius 2 is 1.84 bits per heavy atom. The number of carboxylic acid groups (broad SMARTS) is 1. The summed E-state index contributed by atoms with van der Waals surface area (Å²) >= 11 is 5.66. The standard InChI is InChI=1S/C14H16ClF3N2O5/c1-24-6-25-10(2-3-15)11(13(21)19-20-14(22)23)7-4-8(16)12(18)9(17)5-7/h4-5,10-11,20H,2-3,6H2,1H3,(H,19,21)(H,22,23)/t10-,11+/m1/s1. The molecule has 140 valence electrons. The second-order valence-corrected chi connectivity index (χ2v) is 5.16. The van der Waals surface area contributed by atoms with Gasteiger partial charge in [0.25, 0.3) is 0 Å². The van der Waals surface area contributed by atoms with Gasteiger partial charge in [-0.15, -0.1) is 11.6 Å².